The lowest BCUT2D eigenvalue weighted by molar-refractivity contribution is -0.129. The topological polar surface area (TPSA) is 74.2 Å². The number of halogens is 3. The standard InChI is InChI=1S/C25H16Cl2INO5/c1-32-22-11-14(9-19(28)23(22)33-13-21(30)15-5-3-2-4-6-15)10-20-25(31)34-24(29-20)16-7-8-17(26)18(27)12-16/h2-12H,13H2,1H3/b20-10-. The van der Waals surface area contributed by atoms with Gasteiger partial charge in [-0.15, -0.1) is 0 Å². The van der Waals surface area contributed by atoms with Crippen molar-refractivity contribution in [1.29, 1.82) is 0 Å². The Morgan fingerprint density at radius 3 is 2.56 bits per heavy atom. The Balaban J connectivity index is 1.57. The van der Waals surface area contributed by atoms with E-state index in [4.69, 9.17) is 37.4 Å². The molecule has 1 aliphatic rings. The fourth-order valence-corrected chi connectivity index (χ4v) is 4.21. The minimum absolute atomic E-state index is 0.117. The van der Waals surface area contributed by atoms with Crippen molar-refractivity contribution < 1.29 is 23.8 Å². The lowest BCUT2D eigenvalue weighted by Crippen LogP contribution is -2.12. The average Bonchev–Trinajstić information content (AvgIpc) is 3.20. The quantitative estimate of drug-likeness (QED) is 0.138. The second-order valence-corrected chi connectivity index (χ2v) is 9.05. The highest BCUT2D eigenvalue weighted by molar-refractivity contribution is 14.1. The molecule has 172 valence electrons. The summed E-state index contributed by atoms with van der Waals surface area (Å²) in [4.78, 5) is 29.1. The molecule has 0 saturated carbocycles. The zero-order chi connectivity index (χ0) is 24.2. The highest BCUT2D eigenvalue weighted by Gasteiger charge is 2.25. The maximum Gasteiger partial charge on any atom is 0.363 e. The first-order valence-corrected chi connectivity index (χ1v) is 11.8. The lowest BCUT2D eigenvalue weighted by Gasteiger charge is -2.13. The van der Waals surface area contributed by atoms with E-state index in [0.717, 1.165) is 0 Å². The predicted octanol–water partition coefficient (Wildman–Crippen LogP) is 6.21. The Morgan fingerprint density at radius 1 is 1.09 bits per heavy atom. The molecule has 34 heavy (non-hydrogen) atoms. The van der Waals surface area contributed by atoms with Crippen molar-refractivity contribution in [3.63, 3.8) is 0 Å². The highest BCUT2D eigenvalue weighted by Crippen LogP contribution is 2.35. The van der Waals surface area contributed by atoms with Crippen LogP contribution in [0.5, 0.6) is 11.5 Å². The van der Waals surface area contributed by atoms with Gasteiger partial charge < -0.3 is 14.2 Å². The number of Topliss-reactive ketones (excluding diaryl/α,β-unsaturated/α-hetero) is 1. The number of carbonyl (C=O) groups excluding carboxylic acids is 2. The number of hydrogen-bond acceptors (Lipinski definition) is 6. The summed E-state index contributed by atoms with van der Waals surface area (Å²) < 4.78 is 17.2. The summed E-state index contributed by atoms with van der Waals surface area (Å²) in [6.45, 7) is -0.138. The van der Waals surface area contributed by atoms with E-state index in [9.17, 15) is 9.59 Å². The SMILES string of the molecule is COc1cc(/C=C2\N=C(c3ccc(Cl)c(Cl)c3)OC2=O)cc(I)c1OCC(=O)c1ccccc1. The number of benzene rings is 3. The van der Waals surface area contributed by atoms with E-state index in [1.807, 2.05) is 6.07 Å². The fraction of sp³-hybridized carbons (Fsp3) is 0.0800. The smallest absolute Gasteiger partial charge is 0.363 e. The molecular formula is C25H16Cl2INO5. The third kappa shape index (κ3) is 5.43. The number of esters is 1. The summed E-state index contributed by atoms with van der Waals surface area (Å²) in [5, 5.41) is 0.719. The molecule has 3 aromatic rings. The number of ether oxygens (including phenoxy) is 3. The molecule has 9 heteroatoms. The van der Waals surface area contributed by atoms with Crippen LogP contribution in [0.4, 0.5) is 0 Å². The Labute approximate surface area is 219 Å². The van der Waals surface area contributed by atoms with Gasteiger partial charge >= 0.3 is 5.97 Å². The molecule has 0 N–H and O–H groups in total. The summed E-state index contributed by atoms with van der Waals surface area (Å²) >= 11 is 14.1. The van der Waals surface area contributed by atoms with E-state index in [1.165, 1.54) is 7.11 Å². The molecule has 0 bridgehead atoms. The summed E-state index contributed by atoms with van der Waals surface area (Å²) in [6.07, 6.45) is 1.58. The van der Waals surface area contributed by atoms with Crippen molar-refractivity contribution in [2.75, 3.05) is 13.7 Å². The van der Waals surface area contributed by atoms with Gasteiger partial charge in [0.25, 0.3) is 0 Å². The zero-order valence-electron chi connectivity index (χ0n) is 17.7. The first kappa shape index (κ1) is 24.3. The number of carbonyl (C=O) groups is 2. The highest BCUT2D eigenvalue weighted by atomic mass is 127. The van der Waals surface area contributed by atoms with Crippen LogP contribution >= 0.6 is 45.8 Å². The Kier molecular flexibility index (Phi) is 7.55. The molecular weight excluding hydrogens is 592 g/mol. The largest absolute Gasteiger partial charge is 0.493 e. The van der Waals surface area contributed by atoms with Crippen molar-refractivity contribution in [3.05, 3.63) is 96.7 Å². The van der Waals surface area contributed by atoms with Crippen LogP contribution in [0.15, 0.2) is 71.4 Å². The minimum Gasteiger partial charge on any atom is -0.493 e. The molecule has 1 aliphatic heterocycles. The van der Waals surface area contributed by atoms with E-state index < -0.39 is 5.97 Å². The van der Waals surface area contributed by atoms with Crippen LogP contribution in [-0.2, 0) is 9.53 Å². The van der Waals surface area contributed by atoms with Gasteiger partial charge in [-0.2, -0.15) is 0 Å². The van der Waals surface area contributed by atoms with Crippen molar-refractivity contribution >= 4 is 69.5 Å². The maximum absolute atomic E-state index is 12.4. The van der Waals surface area contributed by atoms with E-state index in [-0.39, 0.29) is 24.0 Å². The lowest BCUT2D eigenvalue weighted by atomic mass is 10.1. The van der Waals surface area contributed by atoms with Crippen molar-refractivity contribution in [3.8, 4) is 11.5 Å². The second kappa shape index (κ2) is 10.6. The molecule has 0 aliphatic carbocycles. The minimum atomic E-state index is -0.594. The van der Waals surface area contributed by atoms with Gasteiger partial charge in [-0.05, 0) is 64.6 Å². The maximum atomic E-state index is 12.4. The second-order valence-electron chi connectivity index (χ2n) is 7.08. The van der Waals surface area contributed by atoms with Gasteiger partial charge in [0, 0.05) is 11.1 Å². The van der Waals surface area contributed by atoms with Crippen LogP contribution in [0, 0.1) is 3.57 Å². The van der Waals surface area contributed by atoms with Gasteiger partial charge in [-0.1, -0.05) is 53.5 Å². The first-order valence-electron chi connectivity index (χ1n) is 9.92. The van der Waals surface area contributed by atoms with Crippen LogP contribution in [0.1, 0.15) is 21.5 Å². The van der Waals surface area contributed by atoms with E-state index in [2.05, 4.69) is 27.6 Å². The Morgan fingerprint density at radius 2 is 1.85 bits per heavy atom. The summed E-state index contributed by atoms with van der Waals surface area (Å²) in [5.74, 6) is 0.241. The molecule has 4 rings (SSSR count). The van der Waals surface area contributed by atoms with Gasteiger partial charge in [0.1, 0.15) is 0 Å². The number of hydrogen-bond donors (Lipinski definition) is 0. The monoisotopic (exact) mass is 607 g/mol. The Bertz CT molecular complexity index is 1340. The Hall–Kier alpha value is -2.88. The summed E-state index contributed by atoms with van der Waals surface area (Å²) in [6, 6.07) is 17.2. The van der Waals surface area contributed by atoms with E-state index >= 15 is 0 Å². The van der Waals surface area contributed by atoms with Gasteiger partial charge in [-0.3, -0.25) is 4.79 Å². The molecule has 0 amide bonds. The molecule has 0 saturated heterocycles. The van der Waals surface area contributed by atoms with Crippen molar-refractivity contribution in [2.24, 2.45) is 4.99 Å². The molecule has 1 heterocycles. The van der Waals surface area contributed by atoms with Crippen molar-refractivity contribution in [1.82, 2.24) is 0 Å². The normalized spacial score (nSPS) is 14.1. The fourth-order valence-electron chi connectivity index (χ4n) is 3.13. The summed E-state index contributed by atoms with van der Waals surface area (Å²) in [5.41, 5.74) is 1.86. The third-order valence-corrected chi connectivity index (χ3v) is 6.33. The van der Waals surface area contributed by atoms with E-state index in [1.54, 1.807) is 60.7 Å². The number of methoxy groups -OCH3 is 1. The van der Waals surface area contributed by atoms with E-state index in [0.29, 0.717) is 41.8 Å². The van der Waals surface area contributed by atoms with Crippen LogP contribution < -0.4 is 9.47 Å². The van der Waals surface area contributed by atoms with Crippen LogP contribution in [-0.4, -0.2) is 31.4 Å². The average molecular weight is 608 g/mol. The number of nitrogens with zero attached hydrogens (tertiary/aromatic N) is 1. The molecule has 3 aromatic carbocycles. The van der Waals surface area contributed by atoms with Gasteiger partial charge in [0.2, 0.25) is 5.90 Å². The zero-order valence-corrected chi connectivity index (χ0v) is 21.3. The number of cyclic esters (lactones) is 1. The number of aliphatic imine (C=N–C) groups is 1. The number of rotatable bonds is 7. The van der Waals surface area contributed by atoms with Gasteiger partial charge in [-0.25, -0.2) is 9.79 Å². The predicted molar refractivity (Wildman–Crippen MR) is 139 cm³/mol. The molecule has 0 unspecified atom stereocenters. The summed E-state index contributed by atoms with van der Waals surface area (Å²) in [7, 11) is 1.50. The molecule has 0 spiro atoms. The molecule has 0 radical (unpaired) electrons. The van der Waals surface area contributed by atoms with Crippen LogP contribution in [0.3, 0.4) is 0 Å². The van der Waals surface area contributed by atoms with Gasteiger partial charge in [0.05, 0.1) is 20.7 Å². The van der Waals surface area contributed by atoms with Crippen molar-refractivity contribution in [2.45, 2.75) is 0 Å². The van der Waals surface area contributed by atoms with Crippen LogP contribution in [0.2, 0.25) is 10.0 Å². The van der Waals surface area contributed by atoms with Gasteiger partial charge in [0.15, 0.2) is 29.6 Å². The third-order valence-electron chi connectivity index (χ3n) is 4.79. The first-order chi connectivity index (χ1) is 16.4. The van der Waals surface area contributed by atoms with Crippen LogP contribution in [0.25, 0.3) is 6.08 Å². The molecule has 0 atom stereocenters. The number of ketones is 1. The molecule has 0 fully saturated rings. The molecule has 0 aromatic heterocycles. The molecule has 6 nitrogen and oxygen atoms in total.